The highest BCUT2D eigenvalue weighted by molar-refractivity contribution is 4.81. The summed E-state index contributed by atoms with van der Waals surface area (Å²) in [5, 5.41) is 10.6. The van der Waals surface area contributed by atoms with Gasteiger partial charge in [0.15, 0.2) is 0 Å². The Bertz CT molecular complexity index is 225. The SMILES string of the molecule is O[C@H]1CCCCCCCCCC[C@@H]1N1CCCCC1. The van der Waals surface area contributed by atoms with Gasteiger partial charge in [-0.05, 0) is 38.8 Å². The van der Waals surface area contributed by atoms with E-state index in [1.165, 1.54) is 90.1 Å². The first-order valence-electron chi connectivity index (χ1n) is 8.80. The van der Waals surface area contributed by atoms with Crippen molar-refractivity contribution in [2.24, 2.45) is 0 Å². The molecule has 2 aliphatic rings. The summed E-state index contributed by atoms with van der Waals surface area (Å²) in [4.78, 5) is 2.60. The number of aliphatic hydroxyl groups is 1. The van der Waals surface area contributed by atoms with Crippen molar-refractivity contribution in [3.05, 3.63) is 0 Å². The van der Waals surface area contributed by atoms with Crippen LogP contribution in [0.5, 0.6) is 0 Å². The minimum Gasteiger partial charge on any atom is -0.391 e. The van der Waals surface area contributed by atoms with Gasteiger partial charge in [-0.1, -0.05) is 57.8 Å². The largest absolute Gasteiger partial charge is 0.391 e. The van der Waals surface area contributed by atoms with Crippen molar-refractivity contribution in [1.82, 2.24) is 4.90 Å². The van der Waals surface area contributed by atoms with E-state index in [9.17, 15) is 5.11 Å². The molecule has 2 nitrogen and oxygen atoms in total. The topological polar surface area (TPSA) is 23.5 Å². The van der Waals surface area contributed by atoms with Gasteiger partial charge in [-0.25, -0.2) is 0 Å². The molecule has 1 aliphatic carbocycles. The minimum atomic E-state index is -0.0717. The summed E-state index contributed by atoms with van der Waals surface area (Å²) >= 11 is 0. The van der Waals surface area contributed by atoms with E-state index in [1.54, 1.807) is 0 Å². The van der Waals surface area contributed by atoms with Gasteiger partial charge in [0.05, 0.1) is 6.10 Å². The van der Waals surface area contributed by atoms with Crippen LogP contribution >= 0.6 is 0 Å². The molecule has 1 heterocycles. The molecule has 1 aliphatic heterocycles. The molecule has 0 aromatic heterocycles. The first-order valence-corrected chi connectivity index (χ1v) is 8.80. The number of likely N-dealkylation sites (tertiary alicyclic amines) is 1. The first-order chi connectivity index (χ1) is 9.38. The quantitative estimate of drug-likeness (QED) is 0.772. The summed E-state index contributed by atoms with van der Waals surface area (Å²) in [7, 11) is 0. The summed E-state index contributed by atoms with van der Waals surface area (Å²) in [5.41, 5.74) is 0. The van der Waals surface area contributed by atoms with Gasteiger partial charge in [0, 0.05) is 6.04 Å². The van der Waals surface area contributed by atoms with E-state index in [2.05, 4.69) is 4.90 Å². The molecule has 0 aromatic carbocycles. The monoisotopic (exact) mass is 267 g/mol. The van der Waals surface area contributed by atoms with Gasteiger partial charge in [-0.2, -0.15) is 0 Å². The maximum absolute atomic E-state index is 10.6. The number of rotatable bonds is 1. The van der Waals surface area contributed by atoms with E-state index in [0.717, 1.165) is 6.42 Å². The van der Waals surface area contributed by atoms with E-state index in [-0.39, 0.29) is 6.10 Å². The number of hydrogen-bond donors (Lipinski definition) is 1. The van der Waals surface area contributed by atoms with Crippen molar-refractivity contribution < 1.29 is 5.11 Å². The van der Waals surface area contributed by atoms with Gasteiger partial charge < -0.3 is 5.11 Å². The molecule has 19 heavy (non-hydrogen) atoms. The van der Waals surface area contributed by atoms with Crippen LogP contribution in [0.1, 0.15) is 83.5 Å². The van der Waals surface area contributed by atoms with E-state index in [1.807, 2.05) is 0 Å². The summed E-state index contributed by atoms with van der Waals surface area (Å²) in [6.07, 6.45) is 17.1. The van der Waals surface area contributed by atoms with Crippen LogP contribution in [0.4, 0.5) is 0 Å². The Labute approximate surface area is 119 Å². The van der Waals surface area contributed by atoms with E-state index < -0.39 is 0 Å². The Morgan fingerprint density at radius 3 is 1.68 bits per heavy atom. The maximum atomic E-state index is 10.6. The highest BCUT2D eigenvalue weighted by atomic mass is 16.3. The molecular formula is C17H33NO. The predicted octanol–water partition coefficient (Wildman–Crippen LogP) is 4.12. The summed E-state index contributed by atoms with van der Waals surface area (Å²) in [5.74, 6) is 0. The zero-order valence-corrected chi connectivity index (χ0v) is 12.7. The highest BCUT2D eigenvalue weighted by Gasteiger charge is 2.26. The smallest absolute Gasteiger partial charge is 0.0695 e. The van der Waals surface area contributed by atoms with Gasteiger partial charge >= 0.3 is 0 Å². The molecule has 0 amide bonds. The molecule has 0 spiro atoms. The molecule has 1 N–H and O–H groups in total. The number of piperidine rings is 1. The van der Waals surface area contributed by atoms with Crippen LogP contribution in [-0.2, 0) is 0 Å². The maximum Gasteiger partial charge on any atom is 0.0695 e. The third kappa shape index (κ3) is 5.43. The zero-order valence-electron chi connectivity index (χ0n) is 12.7. The summed E-state index contributed by atoms with van der Waals surface area (Å²) in [6.45, 7) is 2.45. The van der Waals surface area contributed by atoms with E-state index in [0.29, 0.717) is 6.04 Å². The Balaban J connectivity index is 1.86. The second-order valence-corrected chi connectivity index (χ2v) is 6.64. The molecule has 2 heteroatoms. The molecule has 2 rings (SSSR count). The third-order valence-corrected chi connectivity index (χ3v) is 5.05. The molecule has 1 saturated heterocycles. The molecule has 2 fully saturated rings. The predicted molar refractivity (Wildman–Crippen MR) is 81.4 cm³/mol. The van der Waals surface area contributed by atoms with Crippen molar-refractivity contribution in [2.45, 2.75) is 95.6 Å². The third-order valence-electron chi connectivity index (χ3n) is 5.05. The molecular weight excluding hydrogens is 234 g/mol. The van der Waals surface area contributed by atoms with E-state index >= 15 is 0 Å². The lowest BCUT2D eigenvalue weighted by atomic mass is 9.93. The lowest BCUT2D eigenvalue weighted by Gasteiger charge is -2.37. The lowest BCUT2D eigenvalue weighted by molar-refractivity contribution is 0.0257. The first kappa shape index (κ1) is 15.3. The van der Waals surface area contributed by atoms with Crippen molar-refractivity contribution in [2.75, 3.05) is 13.1 Å². The number of aliphatic hydroxyl groups excluding tert-OH is 1. The minimum absolute atomic E-state index is 0.0717. The van der Waals surface area contributed by atoms with Crippen LogP contribution in [-0.4, -0.2) is 35.2 Å². The van der Waals surface area contributed by atoms with Crippen molar-refractivity contribution >= 4 is 0 Å². The van der Waals surface area contributed by atoms with Crippen LogP contribution in [0.2, 0.25) is 0 Å². The molecule has 2 atom stereocenters. The summed E-state index contributed by atoms with van der Waals surface area (Å²) < 4.78 is 0. The lowest BCUT2D eigenvalue weighted by Crippen LogP contribution is -2.46. The van der Waals surface area contributed by atoms with Gasteiger partial charge in [-0.3, -0.25) is 4.90 Å². The molecule has 0 radical (unpaired) electrons. The Hall–Kier alpha value is -0.0800. The van der Waals surface area contributed by atoms with Crippen molar-refractivity contribution in [3.63, 3.8) is 0 Å². The standard InChI is InChI=1S/C17H33NO/c19-17-13-9-6-4-2-1-3-5-8-12-16(17)18-14-10-7-11-15-18/h16-17,19H,1-15H2/t16-,17-/m0/s1. The van der Waals surface area contributed by atoms with Gasteiger partial charge in [-0.15, -0.1) is 0 Å². The Morgan fingerprint density at radius 1 is 0.579 bits per heavy atom. The van der Waals surface area contributed by atoms with Gasteiger partial charge in [0.25, 0.3) is 0 Å². The van der Waals surface area contributed by atoms with Gasteiger partial charge in [0.2, 0.25) is 0 Å². The fourth-order valence-electron chi connectivity index (χ4n) is 3.83. The summed E-state index contributed by atoms with van der Waals surface area (Å²) in [6, 6.07) is 0.458. The highest BCUT2D eigenvalue weighted by Crippen LogP contribution is 2.23. The van der Waals surface area contributed by atoms with Crippen LogP contribution < -0.4 is 0 Å². The molecule has 1 saturated carbocycles. The second kappa shape index (κ2) is 8.97. The Morgan fingerprint density at radius 2 is 1.05 bits per heavy atom. The number of nitrogens with zero attached hydrogens (tertiary/aromatic N) is 1. The normalized spacial score (nSPS) is 33.3. The fourth-order valence-corrected chi connectivity index (χ4v) is 3.83. The Kier molecular flexibility index (Phi) is 7.23. The average Bonchev–Trinajstić information content (AvgIpc) is 2.44. The van der Waals surface area contributed by atoms with Gasteiger partial charge in [0.1, 0.15) is 0 Å². The average molecular weight is 267 g/mol. The second-order valence-electron chi connectivity index (χ2n) is 6.64. The molecule has 0 unspecified atom stereocenters. The van der Waals surface area contributed by atoms with Crippen LogP contribution in [0, 0.1) is 0 Å². The van der Waals surface area contributed by atoms with E-state index in [4.69, 9.17) is 0 Å². The molecule has 112 valence electrons. The number of hydrogen-bond acceptors (Lipinski definition) is 2. The fraction of sp³-hybridized carbons (Fsp3) is 1.00. The zero-order chi connectivity index (χ0) is 13.3. The molecule has 0 aromatic rings. The molecule has 0 bridgehead atoms. The van der Waals surface area contributed by atoms with Crippen molar-refractivity contribution in [1.29, 1.82) is 0 Å². The van der Waals surface area contributed by atoms with Crippen LogP contribution in [0.3, 0.4) is 0 Å². The van der Waals surface area contributed by atoms with Crippen molar-refractivity contribution in [3.8, 4) is 0 Å². The van der Waals surface area contributed by atoms with Crippen LogP contribution in [0.25, 0.3) is 0 Å². The van der Waals surface area contributed by atoms with Crippen LogP contribution in [0.15, 0.2) is 0 Å².